The van der Waals surface area contributed by atoms with E-state index in [1.54, 1.807) is 29.2 Å². The molecule has 0 bridgehead atoms. The number of fused-ring (bicyclic) bond motifs is 2. The van der Waals surface area contributed by atoms with E-state index in [2.05, 4.69) is 25.7 Å². The van der Waals surface area contributed by atoms with Crippen molar-refractivity contribution >= 4 is 22.3 Å². The predicted octanol–water partition coefficient (Wildman–Crippen LogP) is 2.48. The van der Waals surface area contributed by atoms with Gasteiger partial charge in [0, 0.05) is 43.7 Å². The van der Waals surface area contributed by atoms with E-state index in [4.69, 9.17) is 0 Å². The number of carbonyl (C=O) groups is 1. The van der Waals surface area contributed by atoms with Crippen LogP contribution in [0.15, 0.2) is 53.5 Å². The first-order valence-electron chi connectivity index (χ1n) is 11.3. The first kappa shape index (κ1) is 22.5. The van der Waals surface area contributed by atoms with E-state index in [0.717, 1.165) is 22.3 Å². The van der Waals surface area contributed by atoms with E-state index in [0.29, 0.717) is 36.4 Å². The van der Waals surface area contributed by atoms with Crippen molar-refractivity contribution in [3.8, 4) is 0 Å². The molecule has 10 heteroatoms. The van der Waals surface area contributed by atoms with Crippen molar-refractivity contribution in [1.29, 1.82) is 0 Å². The molecule has 3 heterocycles. The zero-order valence-electron chi connectivity index (χ0n) is 19.4. The summed E-state index contributed by atoms with van der Waals surface area (Å²) in [6, 6.07) is 11.7. The van der Waals surface area contributed by atoms with Gasteiger partial charge in [0.15, 0.2) is 11.6 Å². The molecule has 0 radical (unpaired) electrons. The van der Waals surface area contributed by atoms with Crippen LogP contribution < -0.4 is 10.9 Å². The molecule has 0 spiro atoms. The molecule has 2 N–H and O–H groups in total. The molecule has 1 amide bonds. The van der Waals surface area contributed by atoms with Crippen molar-refractivity contribution in [3.05, 3.63) is 93.3 Å². The highest BCUT2D eigenvalue weighted by Crippen LogP contribution is 2.22. The minimum atomic E-state index is -0.585. The minimum absolute atomic E-state index is 0.00400. The van der Waals surface area contributed by atoms with Crippen molar-refractivity contribution in [2.75, 3.05) is 13.6 Å². The molecule has 1 aliphatic heterocycles. The SMILES string of the molecule is CN/C=C(\C)c1nnc2n1CCN(C(=O)c1cc(Cc3n[nH]c(=O)c4ccccc34)ccc1F)C2. The number of aromatic nitrogens is 5. The van der Waals surface area contributed by atoms with Gasteiger partial charge >= 0.3 is 0 Å². The zero-order valence-corrected chi connectivity index (χ0v) is 19.4. The van der Waals surface area contributed by atoms with E-state index in [-0.39, 0.29) is 17.7 Å². The molecule has 178 valence electrons. The molecular formula is C25H24FN7O2. The van der Waals surface area contributed by atoms with Crippen LogP contribution in [-0.4, -0.2) is 49.4 Å². The number of allylic oxidation sites excluding steroid dienone is 1. The normalized spacial score (nSPS) is 13.7. The van der Waals surface area contributed by atoms with Crippen LogP contribution in [0.2, 0.25) is 0 Å². The van der Waals surface area contributed by atoms with Crippen LogP contribution >= 0.6 is 0 Å². The smallest absolute Gasteiger partial charge is 0.272 e. The van der Waals surface area contributed by atoms with Crippen LogP contribution in [-0.2, 0) is 19.5 Å². The van der Waals surface area contributed by atoms with Gasteiger partial charge in [0.1, 0.15) is 5.82 Å². The van der Waals surface area contributed by atoms with Gasteiger partial charge < -0.3 is 14.8 Å². The lowest BCUT2D eigenvalue weighted by atomic mass is 10.0. The quantitative estimate of drug-likeness (QED) is 0.461. The average Bonchev–Trinajstić information content (AvgIpc) is 3.30. The van der Waals surface area contributed by atoms with Gasteiger partial charge in [-0.1, -0.05) is 24.3 Å². The van der Waals surface area contributed by atoms with E-state index in [1.165, 1.54) is 6.07 Å². The molecule has 0 saturated heterocycles. The number of hydrogen-bond acceptors (Lipinski definition) is 6. The summed E-state index contributed by atoms with van der Waals surface area (Å²) >= 11 is 0. The molecule has 2 aromatic carbocycles. The maximum atomic E-state index is 14.8. The van der Waals surface area contributed by atoms with Crippen molar-refractivity contribution in [1.82, 2.24) is 35.2 Å². The van der Waals surface area contributed by atoms with Gasteiger partial charge in [-0.25, -0.2) is 9.49 Å². The third-order valence-corrected chi connectivity index (χ3v) is 6.16. The summed E-state index contributed by atoms with van der Waals surface area (Å²) in [4.78, 5) is 26.9. The summed E-state index contributed by atoms with van der Waals surface area (Å²) in [6.45, 7) is 3.12. The maximum absolute atomic E-state index is 14.8. The molecule has 0 unspecified atom stereocenters. The number of amides is 1. The number of carbonyl (C=O) groups excluding carboxylic acids is 1. The summed E-state index contributed by atoms with van der Waals surface area (Å²) in [5, 5.41) is 19.4. The molecule has 35 heavy (non-hydrogen) atoms. The van der Waals surface area contributed by atoms with Crippen molar-refractivity contribution in [2.45, 2.75) is 26.4 Å². The molecule has 9 nitrogen and oxygen atoms in total. The molecule has 0 fully saturated rings. The lowest BCUT2D eigenvalue weighted by molar-refractivity contribution is 0.0702. The van der Waals surface area contributed by atoms with Gasteiger partial charge in [-0.3, -0.25) is 9.59 Å². The van der Waals surface area contributed by atoms with E-state index >= 15 is 0 Å². The number of benzene rings is 2. The fourth-order valence-electron chi connectivity index (χ4n) is 4.42. The van der Waals surface area contributed by atoms with Gasteiger partial charge in [0.2, 0.25) is 0 Å². The van der Waals surface area contributed by atoms with Crippen molar-refractivity contribution in [3.63, 3.8) is 0 Å². The number of H-pyrrole nitrogens is 1. The number of nitrogens with zero attached hydrogens (tertiary/aromatic N) is 5. The Balaban J connectivity index is 1.40. The van der Waals surface area contributed by atoms with Gasteiger partial charge in [-0.05, 0) is 30.7 Å². The summed E-state index contributed by atoms with van der Waals surface area (Å²) in [6.07, 6.45) is 2.18. The fourth-order valence-corrected chi connectivity index (χ4v) is 4.42. The Morgan fingerprint density at radius 3 is 2.77 bits per heavy atom. The van der Waals surface area contributed by atoms with Gasteiger partial charge in [0.25, 0.3) is 11.5 Å². The zero-order chi connectivity index (χ0) is 24.5. The van der Waals surface area contributed by atoms with Gasteiger partial charge in [-0.15, -0.1) is 10.2 Å². The molecule has 0 aliphatic carbocycles. The van der Waals surface area contributed by atoms with Crippen LogP contribution in [0.1, 0.15) is 40.2 Å². The highest BCUT2D eigenvalue weighted by atomic mass is 19.1. The van der Waals surface area contributed by atoms with Crippen LogP contribution in [0.4, 0.5) is 4.39 Å². The van der Waals surface area contributed by atoms with Crippen LogP contribution in [0, 0.1) is 5.82 Å². The number of halogens is 1. The lowest BCUT2D eigenvalue weighted by Crippen LogP contribution is -2.39. The van der Waals surface area contributed by atoms with Crippen molar-refractivity contribution in [2.24, 2.45) is 0 Å². The topological polar surface area (TPSA) is 109 Å². The Hall–Kier alpha value is -4.34. The van der Waals surface area contributed by atoms with Crippen LogP contribution in [0.3, 0.4) is 0 Å². The molecule has 5 rings (SSSR count). The molecule has 4 aromatic rings. The second kappa shape index (κ2) is 9.13. The van der Waals surface area contributed by atoms with Crippen LogP contribution in [0.5, 0.6) is 0 Å². The van der Waals surface area contributed by atoms with Crippen molar-refractivity contribution < 1.29 is 9.18 Å². The number of aromatic amines is 1. The maximum Gasteiger partial charge on any atom is 0.272 e. The average molecular weight is 474 g/mol. The lowest BCUT2D eigenvalue weighted by Gasteiger charge is -2.28. The van der Waals surface area contributed by atoms with Gasteiger partial charge in [-0.2, -0.15) is 5.10 Å². The first-order chi connectivity index (χ1) is 17.0. The van der Waals surface area contributed by atoms with E-state index in [1.807, 2.05) is 36.9 Å². The Bertz CT molecular complexity index is 1520. The largest absolute Gasteiger partial charge is 0.394 e. The third-order valence-electron chi connectivity index (χ3n) is 6.16. The van der Waals surface area contributed by atoms with Crippen LogP contribution in [0.25, 0.3) is 16.3 Å². The number of nitrogens with one attached hydrogen (secondary N) is 2. The van der Waals surface area contributed by atoms with E-state index < -0.39 is 11.7 Å². The molecule has 0 atom stereocenters. The second-order valence-corrected chi connectivity index (χ2v) is 8.47. The standard InChI is InChI=1S/C25H24FN7O2/c1-15(13-27-2)23-30-29-22-14-32(9-10-33(22)23)25(35)19-11-16(7-8-20(19)26)12-21-17-5-3-4-6-18(17)24(34)31-28-21/h3-8,11,13,27H,9-10,12,14H2,1-2H3,(H,31,34)/b15-13+. The summed E-state index contributed by atoms with van der Waals surface area (Å²) in [5.74, 6) is 0.416. The molecule has 2 aromatic heterocycles. The Morgan fingerprint density at radius 1 is 1.17 bits per heavy atom. The first-order valence-corrected chi connectivity index (χ1v) is 11.3. The summed E-state index contributed by atoms with van der Waals surface area (Å²) in [7, 11) is 1.82. The number of hydrogen-bond donors (Lipinski definition) is 2. The monoisotopic (exact) mass is 473 g/mol. The third kappa shape index (κ3) is 4.18. The summed E-state index contributed by atoms with van der Waals surface area (Å²) < 4.78 is 16.7. The number of rotatable bonds is 5. The predicted molar refractivity (Wildman–Crippen MR) is 129 cm³/mol. The second-order valence-electron chi connectivity index (χ2n) is 8.47. The molecule has 1 aliphatic rings. The molecular weight excluding hydrogens is 449 g/mol. The summed E-state index contributed by atoms with van der Waals surface area (Å²) in [5.41, 5.74) is 2.03. The highest BCUT2D eigenvalue weighted by Gasteiger charge is 2.27. The fraction of sp³-hybridized carbons (Fsp3) is 0.240. The molecule has 0 saturated carbocycles. The van der Waals surface area contributed by atoms with E-state index in [9.17, 15) is 14.0 Å². The highest BCUT2D eigenvalue weighted by molar-refractivity contribution is 5.94. The minimum Gasteiger partial charge on any atom is -0.394 e. The Labute approximate surface area is 200 Å². The Morgan fingerprint density at radius 2 is 1.97 bits per heavy atom. The Kier molecular flexibility index (Phi) is 5.86. The van der Waals surface area contributed by atoms with Gasteiger partial charge in [0.05, 0.1) is 23.2 Å².